The lowest BCUT2D eigenvalue weighted by Crippen LogP contribution is -2.30. The summed E-state index contributed by atoms with van der Waals surface area (Å²) in [5, 5.41) is 2.86. The maximum absolute atomic E-state index is 12.0. The largest absolute Gasteiger partial charge is 0.310 e. The molecule has 0 fully saturated rings. The van der Waals surface area contributed by atoms with Crippen LogP contribution in [0.15, 0.2) is 12.1 Å². The first-order valence-corrected chi connectivity index (χ1v) is 5.99. The molecule has 0 spiro atoms. The number of aromatic nitrogens is 1. The Morgan fingerprint density at radius 2 is 2.12 bits per heavy atom. The molecular weight excluding hydrogens is 211 g/mol. The summed E-state index contributed by atoms with van der Waals surface area (Å²) < 4.78 is 0. The zero-order valence-electron chi connectivity index (χ0n) is 11.3. The number of carbonyl (C=O) groups is 1. The van der Waals surface area contributed by atoms with Crippen molar-refractivity contribution in [3.63, 3.8) is 0 Å². The van der Waals surface area contributed by atoms with Crippen LogP contribution in [0.2, 0.25) is 6.82 Å². The van der Waals surface area contributed by atoms with E-state index in [0.717, 1.165) is 17.6 Å². The summed E-state index contributed by atoms with van der Waals surface area (Å²) >= 11 is 0. The smallest absolute Gasteiger partial charge is 0.231 e. The van der Waals surface area contributed by atoms with Crippen LogP contribution < -0.4 is 10.8 Å². The molecule has 3 nitrogen and oxygen atoms in total. The van der Waals surface area contributed by atoms with Gasteiger partial charge in [-0.25, -0.2) is 4.98 Å². The molecule has 0 aliphatic heterocycles. The highest BCUT2D eigenvalue weighted by Crippen LogP contribution is 2.21. The molecule has 0 aliphatic carbocycles. The van der Waals surface area contributed by atoms with Crippen LogP contribution in [0.5, 0.6) is 0 Å². The second kappa shape index (κ2) is 5.34. The molecule has 1 N–H and O–H groups in total. The van der Waals surface area contributed by atoms with E-state index < -0.39 is 0 Å². The van der Waals surface area contributed by atoms with Crippen molar-refractivity contribution in [1.29, 1.82) is 0 Å². The standard InChI is InChI=1S/C13H20BN2O/c1-6-13(3,4)12(17)16-11-8-7-10(14-5)9(2)15-11/h7-8H,6H2,1-5H3,(H,15,16,17). The number of nitrogens with one attached hydrogen (secondary N) is 1. The average Bonchev–Trinajstić information content (AvgIpc) is 2.29. The lowest BCUT2D eigenvalue weighted by atomic mass is 9.72. The topological polar surface area (TPSA) is 42.0 Å². The summed E-state index contributed by atoms with van der Waals surface area (Å²) in [6.45, 7) is 9.79. The molecule has 0 aliphatic rings. The molecule has 0 saturated heterocycles. The van der Waals surface area contributed by atoms with Gasteiger partial charge in [-0.15, -0.1) is 0 Å². The predicted molar refractivity (Wildman–Crippen MR) is 72.9 cm³/mol. The molecule has 0 saturated carbocycles. The summed E-state index contributed by atoms with van der Waals surface area (Å²) in [6, 6.07) is 3.81. The number of aryl methyl sites for hydroxylation is 1. The molecule has 0 aromatic carbocycles. The summed E-state index contributed by atoms with van der Waals surface area (Å²) in [6.07, 6.45) is 0.804. The number of carbonyl (C=O) groups excluding carboxylic acids is 1. The zero-order chi connectivity index (χ0) is 13.1. The number of hydrogen-bond donors (Lipinski definition) is 1. The van der Waals surface area contributed by atoms with Gasteiger partial charge in [0.25, 0.3) is 0 Å². The van der Waals surface area contributed by atoms with Gasteiger partial charge in [0.15, 0.2) is 7.28 Å². The summed E-state index contributed by atoms with van der Waals surface area (Å²) in [5.74, 6) is 0.639. The van der Waals surface area contributed by atoms with Crippen LogP contribution in [0.1, 0.15) is 32.9 Å². The van der Waals surface area contributed by atoms with Crippen LogP contribution in [-0.4, -0.2) is 18.2 Å². The van der Waals surface area contributed by atoms with Crippen molar-refractivity contribution in [2.45, 2.75) is 40.9 Å². The van der Waals surface area contributed by atoms with E-state index in [4.69, 9.17) is 0 Å². The first-order valence-electron chi connectivity index (χ1n) is 5.99. The normalized spacial score (nSPS) is 11.1. The molecule has 1 aromatic rings. The number of hydrogen-bond acceptors (Lipinski definition) is 2. The molecule has 1 aromatic heterocycles. The van der Waals surface area contributed by atoms with Crippen molar-refractivity contribution in [3.8, 4) is 0 Å². The fraction of sp³-hybridized carbons (Fsp3) is 0.538. The summed E-state index contributed by atoms with van der Waals surface area (Å²) in [5.41, 5.74) is 1.67. The van der Waals surface area contributed by atoms with Gasteiger partial charge in [0.1, 0.15) is 5.82 Å². The van der Waals surface area contributed by atoms with Crippen molar-refractivity contribution in [2.24, 2.45) is 5.41 Å². The highest BCUT2D eigenvalue weighted by molar-refractivity contribution is 6.52. The van der Waals surface area contributed by atoms with Gasteiger partial charge in [0.05, 0.1) is 0 Å². The number of amides is 1. The fourth-order valence-corrected chi connectivity index (χ4v) is 1.39. The number of rotatable bonds is 4. The minimum absolute atomic E-state index is 0.0140. The molecule has 17 heavy (non-hydrogen) atoms. The molecule has 1 amide bonds. The van der Waals surface area contributed by atoms with Crippen LogP contribution in [0, 0.1) is 12.3 Å². The SMILES string of the molecule is C[B]c1ccc(NC(=O)C(C)(C)CC)nc1C. The van der Waals surface area contributed by atoms with Crippen molar-refractivity contribution < 1.29 is 4.79 Å². The van der Waals surface area contributed by atoms with Gasteiger partial charge in [-0.2, -0.15) is 0 Å². The Balaban J connectivity index is 2.83. The van der Waals surface area contributed by atoms with Crippen LogP contribution in [0.25, 0.3) is 0 Å². The molecule has 1 radical (unpaired) electrons. The van der Waals surface area contributed by atoms with E-state index >= 15 is 0 Å². The Kier molecular flexibility index (Phi) is 4.32. The van der Waals surface area contributed by atoms with Gasteiger partial charge in [-0.1, -0.05) is 39.1 Å². The van der Waals surface area contributed by atoms with Gasteiger partial charge < -0.3 is 5.32 Å². The van der Waals surface area contributed by atoms with Gasteiger partial charge in [-0.05, 0) is 19.4 Å². The molecular formula is C13H20BN2O. The molecule has 0 unspecified atom stereocenters. The highest BCUT2D eigenvalue weighted by atomic mass is 16.2. The molecule has 0 atom stereocenters. The molecule has 1 rings (SSSR count). The summed E-state index contributed by atoms with van der Waals surface area (Å²) in [7, 11) is 2.00. The predicted octanol–water partition coefficient (Wildman–Crippen LogP) is 2.14. The Morgan fingerprint density at radius 3 is 2.59 bits per heavy atom. The highest BCUT2D eigenvalue weighted by Gasteiger charge is 2.25. The Morgan fingerprint density at radius 1 is 1.47 bits per heavy atom. The first kappa shape index (κ1) is 13.7. The summed E-state index contributed by atoms with van der Waals surface area (Å²) in [4.78, 5) is 16.3. The zero-order valence-corrected chi connectivity index (χ0v) is 11.3. The third kappa shape index (κ3) is 3.32. The van der Waals surface area contributed by atoms with E-state index in [9.17, 15) is 4.79 Å². The van der Waals surface area contributed by atoms with Crippen molar-refractivity contribution in [3.05, 3.63) is 17.8 Å². The monoisotopic (exact) mass is 231 g/mol. The fourth-order valence-electron chi connectivity index (χ4n) is 1.39. The van der Waals surface area contributed by atoms with Gasteiger partial charge in [0, 0.05) is 11.1 Å². The molecule has 91 valence electrons. The third-order valence-corrected chi connectivity index (χ3v) is 3.18. The van der Waals surface area contributed by atoms with Gasteiger partial charge >= 0.3 is 0 Å². The van der Waals surface area contributed by atoms with Gasteiger partial charge in [-0.3, -0.25) is 4.79 Å². The first-order chi connectivity index (χ1) is 7.90. The van der Waals surface area contributed by atoms with E-state index in [2.05, 4.69) is 10.3 Å². The minimum Gasteiger partial charge on any atom is -0.310 e. The van der Waals surface area contributed by atoms with Crippen LogP contribution in [-0.2, 0) is 4.79 Å². The van der Waals surface area contributed by atoms with E-state index in [1.165, 1.54) is 0 Å². The van der Waals surface area contributed by atoms with Crippen molar-refractivity contribution in [2.75, 3.05) is 5.32 Å². The lowest BCUT2D eigenvalue weighted by molar-refractivity contribution is -0.124. The quantitative estimate of drug-likeness (QED) is 0.806. The van der Waals surface area contributed by atoms with Crippen molar-refractivity contribution >= 4 is 24.5 Å². The van der Waals surface area contributed by atoms with Gasteiger partial charge in [0.2, 0.25) is 5.91 Å². The average molecular weight is 231 g/mol. The third-order valence-electron chi connectivity index (χ3n) is 3.18. The van der Waals surface area contributed by atoms with Crippen LogP contribution >= 0.6 is 0 Å². The molecule has 0 bridgehead atoms. The van der Waals surface area contributed by atoms with E-state index in [0.29, 0.717) is 5.82 Å². The van der Waals surface area contributed by atoms with Crippen LogP contribution in [0.4, 0.5) is 5.82 Å². The number of pyridine rings is 1. The van der Waals surface area contributed by atoms with E-state index in [-0.39, 0.29) is 11.3 Å². The second-order valence-electron chi connectivity index (χ2n) is 4.85. The maximum atomic E-state index is 12.0. The number of nitrogens with zero attached hydrogens (tertiary/aromatic N) is 1. The van der Waals surface area contributed by atoms with Crippen LogP contribution in [0.3, 0.4) is 0 Å². The van der Waals surface area contributed by atoms with E-state index in [1.807, 2.05) is 53.9 Å². The molecule has 4 heteroatoms. The van der Waals surface area contributed by atoms with E-state index in [1.54, 1.807) is 0 Å². The Bertz CT molecular complexity index is 416. The molecule has 1 heterocycles. The maximum Gasteiger partial charge on any atom is 0.231 e. The lowest BCUT2D eigenvalue weighted by Gasteiger charge is -2.21. The second-order valence-corrected chi connectivity index (χ2v) is 4.85. The minimum atomic E-state index is -0.356. The Hall–Kier alpha value is -1.32. The Labute approximate surface area is 104 Å². The number of anilines is 1. The van der Waals surface area contributed by atoms with Crippen molar-refractivity contribution in [1.82, 2.24) is 4.98 Å².